The van der Waals surface area contributed by atoms with E-state index in [0.29, 0.717) is 0 Å². The first-order chi connectivity index (χ1) is 9.23. The zero-order chi connectivity index (χ0) is 15.5. The predicted octanol–water partition coefficient (Wildman–Crippen LogP) is -0.0145. The summed E-state index contributed by atoms with van der Waals surface area (Å²) in [6, 6.07) is 0. The summed E-state index contributed by atoms with van der Waals surface area (Å²) in [5, 5.41) is 28.2. The van der Waals surface area contributed by atoms with Gasteiger partial charge >= 0.3 is 5.97 Å². The van der Waals surface area contributed by atoms with E-state index >= 15 is 0 Å². The molecule has 0 spiro atoms. The van der Waals surface area contributed by atoms with Crippen molar-refractivity contribution in [2.75, 3.05) is 13.2 Å². The van der Waals surface area contributed by atoms with Crippen LogP contribution in [0.1, 0.15) is 27.7 Å². The van der Waals surface area contributed by atoms with Crippen LogP contribution in [0.4, 0.5) is 0 Å². The van der Waals surface area contributed by atoms with Crippen LogP contribution in [0.3, 0.4) is 0 Å². The molecule has 1 aliphatic heterocycles. The molecule has 0 bridgehead atoms. The molecule has 1 saturated heterocycles. The van der Waals surface area contributed by atoms with Crippen LogP contribution in [-0.2, 0) is 19.0 Å². The van der Waals surface area contributed by atoms with Crippen molar-refractivity contribution >= 4 is 5.97 Å². The van der Waals surface area contributed by atoms with Crippen LogP contribution < -0.4 is 0 Å². The lowest BCUT2D eigenvalue weighted by molar-refractivity contribution is -0.345. The van der Waals surface area contributed by atoms with Gasteiger partial charge in [-0.15, -0.1) is 0 Å². The molecule has 20 heavy (non-hydrogen) atoms. The summed E-state index contributed by atoms with van der Waals surface area (Å²) in [4.78, 5) is 11.3. The molecular weight excluding hydrogens is 268 g/mol. The zero-order valence-corrected chi connectivity index (χ0v) is 12.3. The number of carboxylic acids is 1. The van der Waals surface area contributed by atoms with Gasteiger partial charge in [0.25, 0.3) is 0 Å². The van der Waals surface area contributed by atoms with Gasteiger partial charge in [-0.05, 0) is 20.8 Å². The molecule has 0 aromatic rings. The van der Waals surface area contributed by atoms with Crippen molar-refractivity contribution in [2.24, 2.45) is 5.92 Å². The molecular formula is C13H24O7. The summed E-state index contributed by atoms with van der Waals surface area (Å²) < 4.78 is 16.5. The Balaban J connectivity index is 3.00. The third kappa shape index (κ3) is 3.89. The van der Waals surface area contributed by atoms with E-state index < -0.39 is 48.7 Å². The van der Waals surface area contributed by atoms with E-state index in [2.05, 4.69) is 0 Å². The van der Waals surface area contributed by atoms with Gasteiger partial charge in [-0.3, -0.25) is 0 Å². The molecule has 118 valence electrons. The maximum absolute atomic E-state index is 11.3. The van der Waals surface area contributed by atoms with Crippen LogP contribution in [0.2, 0.25) is 0 Å². The maximum Gasteiger partial charge on any atom is 0.335 e. The number of hydrogen-bond donors (Lipinski definition) is 3. The fraction of sp³-hybridized carbons (Fsp3) is 0.923. The van der Waals surface area contributed by atoms with Gasteiger partial charge in [0.1, 0.15) is 12.2 Å². The van der Waals surface area contributed by atoms with Crippen LogP contribution in [-0.4, -0.2) is 64.7 Å². The van der Waals surface area contributed by atoms with Crippen LogP contribution in [0.25, 0.3) is 0 Å². The lowest BCUT2D eigenvalue weighted by atomic mass is 9.88. The number of aliphatic hydroxyl groups is 2. The molecule has 5 atom stereocenters. The summed E-state index contributed by atoms with van der Waals surface area (Å²) in [6.45, 7) is 6.44. The lowest BCUT2D eigenvalue weighted by Crippen LogP contribution is -2.59. The lowest BCUT2D eigenvalue weighted by Gasteiger charge is -2.47. The first kappa shape index (κ1) is 17.3. The standard InChI is InChI=1S/C13H24O7/c1-5-18-11(12(16)17)10-7(2)9(8(15)6-14)19-13(3,4)20-10/h7-11,14-15H,5-6H2,1-4H3,(H,16,17)/t7-,8?,9-,10+,11+/m0/s1. The fourth-order valence-electron chi connectivity index (χ4n) is 2.44. The Morgan fingerprint density at radius 2 is 1.90 bits per heavy atom. The van der Waals surface area contributed by atoms with E-state index in [4.69, 9.17) is 19.3 Å². The molecule has 1 fully saturated rings. The molecule has 0 saturated carbocycles. The Hall–Kier alpha value is -0.730. The quantitative estimate of drug-likeness (QED) is 0.632. The summed E-state index contributed by atoms with van der Waals surface area (Å²) in [6.07, 6.45) is -3.75. The van der Waals surface area contributed by atoms with Crippen molar-refractivity contribution in [3.63, 3.8) is 0 Å². The van der Waals surface area contributed by atoms with Gasteiger partial charge in [0.05, 0.1) is 12.7 Å². The average molecular weight is 292 g/mol. The van der Waals surface area contributed by atoms with Crippen LogP contribution in [0.5, 0.6) is 0 Å². The summed E-state index contributed by atoms with van der Waals surface area (Å²) >= 11 is 0. The minimum absolute atomic E-state index is 0.234. The number of ether oxygens (including phenoxy) is 3. The SMILES string of the molecule is CCO[C@@H](C(=O)O)[C@@H]1OC(C)(C)O[C@H](C(O)CO)[C@@H]1C. The van der Waals surface area contributed by atoms with E-state index in [-0.39, 0.29) is 6.61 Å². The third-order valence-electron chi connectivity index (χ3n) is 3.33. The number of aliphatic hydroxyl groups excluding tert-OH is 2. The van der Waals surface area contributed by atoms with Gasteiger partial charge in [-0.25, -0.2) is 4.79 Å². The Morgan fingerprint density at radius 3 is 2.35 bits per heavy atom. The van der Waals surface area contributed by atoms with Gasteiger partial charge in [0.15, 0.2) is 11.9 Å². The average Bonchev–Trinajstić information content (AvgIpc) is 2.37. The monoisotopic (exact) mass is 292 g/mol. The highest BCUT2D eigenvalue weighted by Crippen LogP contribution is 2.35. The van der Waals surface area contributed by atoms with Gasteiger partial charge in [0, 0.05) is 12.5 Å². The fourth-order valence-corrected chi connectivity index (χ4v) is 2.44. The van der Waals surface area contributed by atoms with Crippen molar-refractivity contribution in [3.05, 3.63) is 0 Å². The molecule has 3 N–H and O–H groups in total. The Kier molecular flexibility index (Phi) is 5.91. The number of rotatable bonds is 6. The smallest absolute Gasteiger partial charge is 0.335 e. The highest BCUT2D eigenvalue weighted by Gasteiger charge is 2.48. The van der Waals surface area contributed by atoms with E-state index in [1.165, 1.54) is 0 Å². The zero-order valence-electron chi connectivity index (χ0n) is 12.3. The maximum atomic E-state index is 11.3. The first-order valence-corrected chi connectivity index (χ1v) is 6.72. The summed E-state index contributed by atoms with van der Waals surface area (Å²) in [5.74, 6) is -2.64. The number of aliphatic carboxylic acids is 1. The van der Waals surface area contributed by atoms with E-state index in [1.807, 2.05) is 0 Å². The summed E-state index contributed by atoms with van der Waals surface area (Å²) in [5.41, 5.74) is 0. The second kappa shape index (κ2) is 6.82. The topological polar surface area (TPSA) is 105 Å². The molecule has 0 aromatic heterocycles. The largest absolute Gasteiger partial charge is 0.479 e. The second-order valence-electron chi connectivity index (χ2n) is 5.39. The van der Waals surface area contributed by atoms with Crippen molar-refractivity contribution in [3.8, 4) is 0 Å². The number of carboxylic acid groups (broad SMARTS) is 1. The molecule has 0 radical (unpaired) electrons. The van der Waals surface area contributed by atoms with Crippen molar-refractivity contribution < 1.29 is 34.3 Å². The van der Waals surface area contributed by atoms with Crippen LogP contribution in [0.15, 0.2) is 0 Å². The molecule has 1 aliphatic rings. The molecule has 0 aliphatic carbocycles. The molecule has 0 aromatic carbocycles. The molecule has 7 nitrogen and oxygen atoms in total. The van der Waals surface area contributed by atoms with Crippen LogP contribution in [0, 0.1) is 5.92 Å². The molecule has 7 heteroatoms. The highest BCUT2D eigenvalue weighted by atomic mass is 16.7. The Bertz CT molecular complexity index is 331. The van der Waals surface area contributed by atoms with Gasteiger partial charge in [-0.1, -0.05) is 6.92 Å². The van der Waals surface area contributed by atoms with Gasteiger partial charge in [0.2, 0.25) is 0 Å². The first-order valence-electron chi connectivity index (χ1n) is 6.72. The molecule has 1 unspecified atom stereocenters. The minimum atomic E-state index is -1.15. The third-order valence-corrected chi connectivity index (χ3v) is 3.33. The van der Waals surface area contributed by atoms with Crippen molar-refractivity contribution in [2.45, 2.75) is 57.9 Å². The van der Waals surface area contributed by atoms with Crippen molar-refractivity contribution in [1.29, 1.82) is 0 Å². The Labute approximate surface area is 118 Å². The number of hydrogen-bond acceptors (Lipinski definition) is 6. The Morgan fingerprint density at radius 1 is 1.35 bits per heavy atom. The minimum Gasteiger partial charge on any atom is -0.479 e. The molecule has 1 rings (SSSR count). The predicted molar refractivity (Wildman–Crippen MR) is 69.1 cm³/mol. The van der Waals surface area contributed by atoms with Gasteiger partial charge in [-0.2, -0.15) is 0 Å². The normalized spacial score (nSPS) is 32.6. The van der Waals surface area contributed by atoms with E-state index in [0.717, 1.165) is 0 Å². The van der Waals surface area contributed by atoms with E-state index in [1.54, 1.807) is 27.7 Å². The van der Waals surface area contributed by atoms with E-state index in [9.17, 15) is 15.0 Å². The molecule has 0 amide bonds. The van der Waals surface area contributed by atoms with Gasteiger partial charge < -0.3 is 29.5 Å². The number of carbonyl (C=O) groups is 1. The molecule has 1 heterocycles. The van der Waals surface area contributed by atoms with Crippen molar-refractivity contribution in [1.82, 2.24) is 0 Å². The second-order valence-corrected chi connectivity index (χ2v) is 5.39. The highest BCUT2D eigenvalue weighted by molar-refractivity contribution is 5.73. The summed E-state index contributed by atoms with van der Waals surface area (Å²) in [7, 11) is 0. The van der Waals surface area contributed by atoms with Crippen LogP contribution >= 0.6 is 0 Å².